The number of aliphatic imine (C=N–C) groups is 1. The van der Waals surface area contributed by atoms with Crippen LogP contribution in [0.2, 0.25) is 0 Å². The van der Waals surface area contributed by atoms with Crippen LogP contribution in [0.15, 0.2) is 65.3 Å². The van der Waals surface area contributed by atoms with Crippen molar-refractivity contribution in [2.45, 2.75) is 32.9 Å². The lowest BCUT2D eigenvalue weighted by Crippen LogP contribution is -2.35. The van der Waals surface area contributed by atoms with Crippen molar-refractivity contribution in [1.29, 1.82) is 0 Å². The van der Waals surface area contributed by atoms with Crippen LogP contribution >= 0.6 is 11.8 Å². The van der Waals surface area contributed by atoms with Crippen molar-refractivity contribution >= 4 is 34.8 Å². The molecule has 0 spiro atoms. The summed E-state index contributed by atoms with van der Waals surface area (Å²) in [6.07, 6.45) is 2.62. The first-order valence-electron chi connectivity index (χ1n) is 10.2. The number of amidine groups is 1. The molecule has 1 aliphatic heterocycles. The Bertz CT molecular complexity index is 971. The summed E-state index contributed by atoms with van der Waals surface area (Å²) in [4.78, 5) is 31.5. The van der Waals surface area contributed by atoms with Crippen molar-refractivity contribution in [1.82, 2.24) is 10.2 Å². The quantitative estimate of drug-likeness (QED) is 0.632. The predicted molar refractivity (Wildman–Crippen MR) is 126 cm³/mol. The standard InChI is InChI=1S/C24H27N3O3S/c1-4-17(2)25-22(28)16-31-24-26-21(14-18-10-12-20(30-3)13-11-18)23(29)27(24)15-19-8-6-5-7-9-19/h5-14,17H,4,15-16H2,1-3H3,(H,25,28)/b21-14-. The summed E-state index contributed by atoms with van der Waals surface area (Å²) in [5.74, 6) is 0.710. The van der Waals surface area contributed by atoms with E-state index < -0.39 is 0 Å². The molecule has 2 amide bonds. The smallest absolute Gasteiger partial charge is 0.278 e. The molecule has 3 rings (SSSR count). The number of rotatable bonds is 8. The summed E-state index contributed by atoms with van der Waals surface area (Å²) in [5, 5.41) is 3.48. The number of benzene rings is 2. The minimum absolute atomic E-state index is 0.0678. The molecule has 0 fully saturated rings. The van der Waals surface area contributed by atoms with Gasteiger partial charge in [0.25, 0.3) is 5.91 Å². The molecule has 0 aliphatic carbocycles. The normalized spacial score (nSPS) is 15.7. The molecule has 0 saturated carbocycles. The molecule has 6 nitrogen and oxygen atoms in total. The van der Waals surface area contributed by atoms with Gasteiger partial charge in [-0.2, -0.15) is 0 Å². The van der Waals surface area contributed by atoms with Gasteiger partial charge in [-0.25, -0.2) is 4.99 Å². The van der Waals surface area contributed by atoms with Gasteiger partial charge < -0.3 is 10.1 Å². The van der Waals surface area contributed by atoms with Crippen LogP contribution in [0.5, 0.6) is 5.75 Å². The van der Waals surface area contributed by atoms with Crippen LogP contribution in [0.4, 0.5) is 0 Å². The van der Waals surface area contributed by atoms with Crippen LogP contribution in [-0.4, -0.2) is 40.8 Å². The lowest BCUT2D eigenvalue weighted by atomic mass is 10.1. The van der Waals surface area contributed by atoms with E-state index in [1.165, 1.54) is 11.8 Å². The number of thioether (sulfide) groups is 1. The number of nitrogens with zero attached hydrogens (tertiary/aromatic N) is 2. The van der Waals surface area contributed by atoms with E-state index in [0.717, 1.165) is 23.3 Å². The Hall–Kier alpha value is -3.06. The second kappa shape index (κ2) is 10.8. The number of nitrogens with one attached hydrogen (secondary N) is 1. The summed E-state index contributed by atoms with van der Waals surface area (Å²) < 4.78 is 5.19. The van der Waals surface area contributed by atoms with E-state index in [1.807, 2.05) is 68.4 Å². The van der Waals surface area contributed by atoms with Crippen molar-refractivity contribution in [2.24, 2.45) is 4.99 Å². The minimum atomic E-state index is -0.176. The molecule has 1 heterocycles. The van der Waals surface area contributed by atoms with Crippen molar-refractivity contribution in [3.05, 3.63) is 71.4 Å². The van der Waals surface area contributed by atoms with Gasteiger partial charge in [-0.1, -0.05) is 61.2 Å². The minimum Gasteiger partial charge on any atom is -0.497 e. The summed E-state index contributed by atoms with van der Waals surface area (Å²) >= 11 is 1.28. The van der Waals surface area contributed by atoms with Gasteiger partial charge in [0.05, 0.1) is 19.4 Å². The van der Waals surface area contributed by atoms with Crippen LogP contribution in [-0.2, 0) is 16.1 Å². The summed E-state index contributed by atoms with van der Waals surface area (Å²) in [6.45, 7) is 4.39. The van der Waals surface area contributed by atoms with Crippen molar-refractivity contribution in [3.63, 3.8) is 0 Å². The summed E-state index contributed by atoms with van der Waals surface area (Å²) in [7, 11) is 1.61. The molecule has 1 N–H and O–H groups in total. The monoisotopic (exact) mass is 437 g/mol. The van der Waals surface area contributed by atoms with Crippen LogP contribution in [0.3, 0.4) is 0 Å². The zero-order valence-corrected chi connectivity index (χ0v) is 18.8. The third kappa shape index (κ3) is 6.21. The molecule has 0 aromatic heterocycles. The number of hydrogen-bond acceptors (Lipinski definition) is 5. The van der Waals surface area contributed by atoms with Crippen molar-refractivity contribution < 1.29 is 14.3 Å². The number of carbonyl (C=O) groups is 2. The van der Waals surface area contributed by atoms with Crippen LogP contribution in [0.1, 0.15) is 31.4 Å². The Morgan fingerprint density at radius 1 is 1.19 bits per heavy atom. The molecule has 1 aliphatic rings. The highest BCUT2D eigenvalue weighted by molar-refractivity contribution is 8.14. The average molecular weight is 438 g/mol. The Morgan fingerprint density at radius 2 is 1.90 bits per heavy atom. The van der Waals surface area contributed by atoms with Gasteiger partial charge in [0, 0.05) is 6.04 Å². The van der Waals surface area contributed by atoms with Crippen LogP contribution in [0.25, 0.3) is 6.08 Å². The van der Waals surface area contributed by atoms with Crippen LogP contribution in [0, 0.1) is 0 Å². The first kappa shape index (κ1) is 22.6. The second-order valence-electron chi connectivity index (χ2n) is 7.24. The van der Waals surface area contributed by atoms with E-state index in [9.17, 15) is 9.59 Å². The molecule has 0 radical (unpaired) electrons. The van der Waals surface area contributed by atoms with Gasteiger partial charge in [0.2, 0.25) is 5.91 Å². The molecular weight excluding hydrogens is 410 g/mol. The number of ether oxygens (including phenoxy) is 1. The van der Waals surface area contributed by atoms with Gasteiger partial charge in [-0.05, 0) is 42.7 Å². The van der Waals surface area contributed by atoms with Gasteiger partial charge in [0.1, 0.15) is 11.4 Å². The Balaban J connectivity index is 1.80. The SMILES string of the molecule is CCC(C)NC(=O)CSC1=N/C(=C\c2ccc(OC)cc2)C(=O)N1Cc1ccccc1. The molecule has 0 bridgehead atoms. The summed E-state index contributed by atoms with van der Waals surface area (Å²) in [5.41, 5.74) is 2.21. The Morgan fingerprint density at radius 3 is 2.55 bits per heavy atom. The molecule has 1 atom stereocenters. The van der Waals surface area contributed by atoms with E-state index in [0.29, 0.717) is 17.4 Å². The average Bonchev–Trinajstić information content (AvgIpc) is 3.08. The molecule has 7 heteroatoms. The van der Waals surface area contributed by atoms with E-state index in [4.69, 9.17) is 4.74 Å². The number of amides is 2. The zero-order valence-electron chi connectivity index (χ0n) is 18.0. The van der Waals surface area contributed by atoms with E-state index in [2.05, 4.69) is 10.3 Å². The fourth-order valence-corrected chi connectivity index (χ4v) is 3.76. The van der Waals surface area contributed by atoms with E-state index >= 15 is 0 Å². The topological polar surface area (TPSA) is 71.0 Å². The molecule has 1 unspecified atom stereocenters. The number of methoxy groups -OCH3 is 1. The van der Waals surface area contributed by atoms with Crippen molar-refractivity contribution in [2.75, 3.05) is 12.9 Å². The number of hydrogen-bond donors (Lipinski definition) is 1. The highest BCUT2D eigenvalue weighted by Gasteiger charge is 2.31. The molecule has 2 aromatic carbocycles. The Labute approximate surface area is 187 Å². The fourth-order valence-electron chi connectivity index (χ4n) is 2.95. The maximum atomic E-state index is 13.1. The lowest BCUT2D eigenvalue weighted by molar-refractivity contribution is -0.123. The lowest BCUT2D eigenvalue weighted by Gasteiger charge is -2.18. The van der Waals surface area contributed by atoms with Crippen LogP contribution < -0.4 is 10.1 Å². The molecular formula is C24H27N3O3S. The Kier molecular flexibility index (Phi) is 7.89. The largest absolute Gasteiger partial charge is 0.497 e. The fraction of sp³-hybridized carbons (Fsp3) is 0.292. The van der Waals surface area contributed by atoms with Crippen molar-refractivity contribution in [3.8, 4) is 5.75 Å². The second-order valence-corrected chi connectivity index (χ2v) is 8.18. The predicted octanol–water partition coefficient (Wildman–Crippen LogP) is 4.08. The maximum Gasteiger partial charge on any atom is 0.278 e. The molecule has 31 heavy (non-hydrogen) atoms. The van der Waals surface area contributed by atoms with Gasteiger partial charge in [-0.15, -0.1) is 0 Å². The molecule has 2 aromatic rings. The zero-order chi connectivity index (χ0) is 22.2. The third-order valence-corrected chi connectivity index (χ3v) is 5.84. The number of carbonyl (C=O) groups excluding carboxylic acids is 2. The van der Waals surface area contributed by atoms with Gasteiger partial charge in [-0.3, -0.25) is 14.5 Å². The van der Waals surface area contributed by atoms with E-state index in [1.54, 1.807) is 18.1 Å². The summed E-state index contributed by atoms with van der Waals surface area (Å²) in [6, 6.07) is 17.3. The third-order valence-electron chi connectivity index (χ3n) is 4.87. The first-order valence-corrected chi connectivity index (χ1v) is 11.2. The first-order chi connectivity index (χ1) is 15.0. The van der Waals surface area contributed by atoms with E-state index in [-0.39, 0.29) is 23.6 Å². The maximum absolute atomic E-state index is 13.1. The highest BCUT2D eigenvalue weighted by atomic mass is 32.2. The highest BCUT2D eigenvalue weighted by Crippen LogP contribution is 2.26. The van der Waals surface area contributed by atoms with Gasteiger partial charge in [0.15, 0.2) is 5.17 Å². The van der Waals surface area contributed by atoms with Gasteiger partial charge >= 0.3 is 0 Å². The molecule has 162 valence electrons. The molecule has 0 saturated heterocycles.